The van der Waals surface area contributed by atoms with E-state index in [9.17, 15) is 4.79 Å². The number of methoxy groups -OCH3 is 1. The van der Waals surface area contributed by atoms with Gasteiger partial charge in [0.2, 0.25) is 0 Å². The topological polar surface area (TPSA) is 65.4 Å². The lowest BCUT2D eigenvalue weighted by Gasteiger charge is -2.14. The zero-order chi connectivity index (χ0) is 22.7. The minimum Gasteiger partial charge on any atom is -0.497 e. The summed E-state index contributed by atoms with van der Waals surface area (Å²) in [6.45, 7) is 8.56. The van der Waals surface area contributed by atoms with Crippen LogP contribution in [0.3, 0.4) is 0 Å². The lowest BCUT2D eigenvalue weighted by molar-refractivity contribution is 0.0857. The number of nitrogens with one attached hydrogen (secondary N) is 1. The van der Waals surface area contributed by atoms with Crippen LogP contribution >= 0.6 is 11.3 Å². The maximum Gasteiger partial charge on any atom is 0.253 e. The highest BCUT2D eigenvalue weighted by molar-refractivity contribution is 7.13. The van der Waals surface area contributed by atoms with Crippen molar-refractivity contribution in [3.8, 4) is 27.7 Å². The highest BCUT2D eigenvalue weighted by Crippen LogP contribution is 2.32. The van der Waals surface area contributed by atoms with E-state index in [2.05, 4.69) is 29.1 Å². The van der Waals surface area contributed by atoms with Gasteiger partial charge in [0, 0.05) is 36.3 Å². The molecule has 0 spiro atoms. The molecule has 1 atom stereocenters. The van der Waals surface area contributed by atoms with E-state index in [1.165, 1.54) is 0 Å². The third-order valence-corrected chi connectivity index (χ3v) is 6.67. The third kappa shape index (κ3) is 4.89. The number of thiazole rings is 1. The van der Waals surface area contributed by atoms with E-state index in [1.807, 2.05) is 37.3 Å². The van der Waals surface area contributed by atoms with Crippen LogP contribution in [0.1, 0.15) is 42.7 Å². The summed E-state index contributed by atoms with van der Waals surface area (Å²) in [4.78, 5) is 17.9. The quantitative estimate of drug-likeness (QED) is 0.512. The molecular formula is C25H31N3O3S. The van der Waals surface area contributed by atoms with Crippen molar-refractivity contribution in [2.75, 3.05) is 20.3 Å². The van der Waals surface area contributed by atoms with Gasteiger partial charge in [0.15, 0.2) is 0 Å². The number of aromatic nitrogens is 2. The van der Waals surface area contributed by atoms with E-state index < -0.39 is 0 Å². The molecular weight excluding hydrogens is 422 g/mol. The normalized spacial score (nSPS) is 16.0. The maximum absolute atomic E-state index is 13.0. The summed E-state index contributed by atoms with van der Waals surface area (Å²) in [6, 6.07) is 9.90. The largest absolute Gasteiger partial charge is 0.497 e. The Morgan fingerprint density at radius 1 is 1.34 bits per heavy atom. The van der Waals surface area contributed by atoms with Crippen molar-refractivity contribution in [1.82, 2.24) is 14.9 Å². The molecule has 1 aliphatic heterocycles. The number of carbonyl (C=O) groups is 1. The molecule has 0 saturated carbocycles. The van der Waals surface area contributed by atoms with Gasteiger partial charge in [-0.3, -0.25) is 4.79 Å². The zero-order valence-electron chi connectivity index (χ0n) is 19.2. The van der Waals surface area contributed by atoms with Gasteiger partial charge in [-0.05, 0) is 56.0 Å². The Bertz CT molecular complexity index is 1060. The molecule has 1 fully saturated rings. The molecule has 3 heterocycles. The maximum atomic E-state index is 13.0. The third-order valence-electron chi connectivity index (χ3n) is 5.78. The number of rotatable bonds is 8. The summed E-state index contributed by atoms with van der Waals surface area (Å²) in [5.41, 5.74) is 4.60. The van der Waals surface area contributed by atoms with Gasteiger partial charge in [-0.15, -0.1) is 11.3 Å². The Morgan fingerprint density at radius 3 is 2.78 bits per heavy atom. The first kappa shape index (κ1) is 22.6. The fourth-order valence-corrected chi connectivity index (χ4v) is 4.87. The van der Waals surface area contributed by atoms with Crippen LogP contribution in [-0.2, 0) is 11.3 Å². The number of hydrogen-bond donors (Lipinski definition) is 1. The highest BCUT2D eigenvalue weighted by atomic mass is 32.1. The summed E-state index contributed by atoms with van der Waals surface area (Å²) in [5.74, 6) is 1.22. The first-order valence-electron chi connectivity index (χ1n) is 11.2. The van der Waals surface area contributed by atoms with Crippen molar-refractivity contribution in [1.29, 1.82) is 0 Å². The van der Waals surface area contributed by atoms with Crippen molar-refractivity contribution in [3.05, 3.63) is 47.0 Å². The van der Waals surface area contributed by atoms with Crippen molar-refractivity contribution >= 4 is 17.2 Å². The Morgan fingerprint density at radius 2 is 2.12 bits per heavy atom. The van der Waals surface area contributed by atoms with Gasteiger partial charge < -0.3 is 19.4 Å². The summed E-state index contributed by atoms with van der Waals surface area (Å²) < 4.78 is 13.1. The van der Waals surface area contributed by atoms with Crippen LogP contribution in [0.2, 0.25) is 0 Å². The highest BCUT2D eigenvalue weighted by Gasteiger charge is 2.22. The monoisotopic (exact) mass is 453 g/mol. The second-order valence-corrected chi connectivity index (χ2v) is 9.50. The number of ether oxygens (including phenoxy) is 2. The van der Waals surface area contributed by atoms with E-state index >= 15 is 0 Å². The Balaban J connectivity index is 1.61. The summed E-state index contributed by atoms with van der Waals surface area (Å²) in [5, 5.41) is 6.08. The van der Waals surface area contributed by atoms with E-state index in [-0.39, 0.29) is 12.0 Å². The molecule has 0 aliphatic carbocycles. The second kappa shape index (κ2) is 9.88. The van der Waals surface area contributed by atoms with Crippen LogP contribution in [-0.4, -0.2) is 41.8 Å². The molecule has 7 heteroatoms. The van der Waals surface area contributed by atoms with Gasteiger partial charge in [-0.2, -0.15) is 0 Å². The van der Waals surface area contributed by atoms with Crippen LogP contribution in [0.25, 0.3) is 22.0 Å². The Kier molecular flexibility index (Phi) is 6.96. The van der Waals surface area contributed by atoms with Gasteiger partial charge in [0.1, 0.15) is 10.8 Å². The SMILES string of the molecule is COc1ccc(-c2nc(-c3cc(C(=O)NCC4CCCO4)c(C)n3CC(C)C)cs2)cc1. The molecule has 1 unspecified atom stereocenters. The predicted molar refractivity (Wildman–Crippen MR) is 128 cm³/mol. The van der Waals surface area contributed by atoms with Crippen LogP contribution in [0.4, 0.5) is 0 Å². The van der Waals surface area contributed by atoms with Crippen molar-refractivity contribution < 1.29 is 14.3 Å². The molecule has 1 aromatic carbocycles. The molecule has 32 heavy (non-hydrogen) atoms. The standard InChI is InChI=1S/C25H31N3O3S/c1-16(2)14-28-17(3)21(24(29)26-13-20-6-5-11-31-20)12-23(28)22-15-32-25(27-22)18-7-9-19(30-4)10-8-18/h7-10,12,15-16,20H,5-6,11,13-14H2,1-4H3,(H,26,29). The molecule has 170 valence electrons. The number of nitrogens with zero attached hydrogens (tertiary/aromatic N) is 2. The molecule has 1 N–H and O–H groups in total. The number of benzene rings is 1. The molecule has 0 radical (unpaired) electrons. The smallest absolute Gasteiger partial charge is 0.253 e. The zero-order valence-corrected chi connectivity index (χ0v) is 20.0. The van der Waals surface area contributed by atoms with Gasteiger partial charge >= 0.3 is 0 Å². The molecule has 3 aromatic rings. The van der Waals surface area contributed by atoms with Gasteiger partial charge in [-0.1, -0.05) is 13.8 Å². The van der Waals surface area contributed by atoms with E-state index in [0.29, 0.717) is 18.0 Å². The summed E-state index contributed by atoms with van der Waals surface area (Å²) >= 11 is 1.61. The Labute approximate surface area is 193 Å². The lowest BCUT2D eigenvalue weighted by atomic mass is 10.2. The molecule has 6 nitrogen and oxygen atoms in total. The summed E-state index contributed by atoms with van der Waals surface area (Å²) in [6.07, 6.45) is 2.20. The molecule has 0 bridgehead atoms. The van der Waals surface area contributed by atoms with Crippen LogP contribution in [0, 0.1) is 12.8 Å². The van der Waals surface area contributed by atoms with Crippen molar-refractivity contribution in [2.45, 2.75) is 46.3 Å². The second-order valence-electron chi connectivity index (χ2n) is 8.64. The molecule has 2 aromatic heterocycles. The predicted octanol–water partition coefficient (Wildman–Crippen LogP) is 5.16. The van der Waals surface area contributed by atoms with E-state index in [4.69, 9.17) is 14.5 Å². The Hall–Kier alpha value is -2.64. The number of amides is 1. The van der Waals surface area contributed by atoms with Gasteiger partial charge in [0.25, 0.3) is 5.91 Å². The minimum absolute atomic E-state index is 0.0487. The lowest BCUT2D eigenvalue weighted by Crippen LogP contribution is -2.32. The molecule has 1 saturated heterocycles. The molecule has 1 amide bonds. The van der Waals surface area contributed by atoms with Gasteiger partial charge in [-0.25, -0.2) is 4.98 Å². The molecule has 4 rings (SSSR count). The number of hydrogen-bond acceptors (Lipinski definition) is 5. The molecule has 1 aliphatic rings. The van der Waals surface area contributed by atoms with Crippen LogP contribution < -0.4 is 10.1 Å². The van der Waals surface area contributed by atoms with Gasteiger partial charge in [0.05, 0.1) is 30.2 Å². The van der Waals surface area contributed by atoms with Crippen molar-refractivity contribution in [3.63, 3.8) is 0 Å². The average molecular weight is 454 g/mol. The van der Waals surface area contributed by atoms with E-state index in [0.717, 1.165) is 59.4 Å². The fraction of sp³-hybridized carbons (Fsp3) is 0.440. The fourth-order valence-electron chi connectivity index (χ4n) is 4.05. The first-order chi connectivity index (χ1) is 15.5. The van der Waals surface area contributed by atoms with Crippen molar-refractivity contribution in [2.24, 2.45) is 5.92 Å². The minimum atomic E-state index is -0.0487. The summed E-state index contributed by atoms with van der Waals surface area (Å²) in [7, 11) is 1.66. The number of carbonyl (C=O) groups excluding carboxylic acids is 1. The van der Waals surface area contributed by atoms with Crippen LogP contribution in [0.15, 0.2) is 35.7 Å². The first-order valence-corrected chi connectivity index (χ1v) is 12.0. The van der Waals surface area contributed by atoms with E-state index in [1.54, 1.807) is 18.4 Å². The average Bonchev–Trinajstić information content (AvgIpc) is 3.54. The van der Waals surface area contributed by atoms with Crippen LogP contribution in [0.5, 0.6) is 5.75 Å².